The molecule has 0 heterocycles. The van der Waals surface area contributed by atoms with E-state index in [1.807, 2.05) is 25.1 Å². The average molecular weight is 441 g/mol. The van der Waals surface area contributed by atoms with E-state index >= 15 is 0 Å². The normalized spacial score (nSPS) is 10.2. The summed E-state index contributed by atoms with van der Waals surface area (Å²) >= 11 is 10.4. The average Bonchev–Trinajstić information content (AvgIpc) is 2.32. The minimum atomic E-state index is 0.0134. The molecule has 0 bridgehead atoms. The van der Waals surface area contributed by atoms with Gasteiger partial charge in [0.05, 0.1) is 10.6 Å². The van der Waals surface area contributed by atoms with E-state index in [9.17, 15) is 4.79 Å². The largest absolute Gasteiger partial charge is 0.393 e. The molecule has 1 amide bonds. The molecule has 3 nitrogen and oxygen atoms in total. The Balaban J connectivity index is 2.89. The minimum Gasteiger partial charge on any atom is -0.393 e. The number of carbonyl (C=O) groups excluding carboxylic acids is 1. The van der Waals surface area contributed by atoms with Crippen LogP contribution >= 0.6 is 50.7 Å². The van der Waals surface area contributed by atoms with Crippen LogP contribution in [0, 0.1) is 3.57 Å². The zero-order valence-electron chi connectivity index (χ0n) is 9.95. The van der Waals surface area contributed by atoms with Crippen LogP contribution in [0.2, 0.25) is 0 Å². The van der Waals surface area contributed by atoms with Gasteiger partial charge < -0.3 is 10.6 Å². The number of nitrogens with zero attached hydrogens (tertiary/aromatic N) is 1. The molecule has 0 spiro atoms. The quantitative estimate of drug-likeness (QED) is 0.564. The maximum Gasteiger partial charge on any atom is 0.254 e. The SMILES string of the molecule is CCN(CCC(N)=S)C(=O)c1cc(Br)ccc1I. The summed E-state index contributed by atoms with van der Waals surface area (Å²) in [6, 6.07) is 5.68. The monoisotopic (exact) mass is 440 g/mol. The van der Waals surface area contributed by atoms with Crippen LogP contribution in [0.4, 0.5) is 0 Å². The van der Waals surface area contributed by atoms with Gasteiger partial charge in [-0.25, -0.2) is 0 Å². The molecule has 0 aliphatic rings. The van der Waals surface area contributed by atoms with Gasteiger partial charge >= 0.3 is 0 Å². The molecule has 0 unspecified atom stereocenters. The van der Waals surface area contributed by atoms with Gasteiger partial charge in [0.25, 0.3) is 5.91 Å². The van der Waals surface area contributed by atoms with Crippen molar-refractivity contribution in [1.82, 2.24) is 4.90 Å². The van der Waals surface area contributed by atoms with Gasteiger partial charge in [0.1, 0.15) is 0 Å². The standard InChI is InChI=1S/C12H14BrIN2OS/c1-2-16(6-5-11(15)18)12(17)9-7-8(13)3-4-10(9)14/h3-4,7H,2,5-6H2,1H3,(H2,15,18). The fraction of sp³-hybridized carbons (Fsp3) is 0.333. The van der Waals surface area contributed by atoms with E-state index in [1.54, 1.807) is 4.90 Å². The molecule has 0 saturated heterocycles. The lowest BCUT2D eigenvalue weighted by Gasteiger charge is -2.21. The second kappa shape index (κ2) is 7.40. The maximum atomic E-state index is 12.4. The number of benzene rings is 1. The highest BCUT2D eigenvalue weighted by atomic mass is 127. The molecule has 2 N–H and O–H groups in total. The maximum absolute atomic E-state index is 12.4. The predicted octanol–water partition coefficient (Wildman–Crippen LogP) is 3.19. The summed E-state index contributed by atoms with van der Waals surface area (Å²) in [5.41, 5.74) is 6.18. The van der Waals surface area contributed by atoms with E-state index in [-0.39, 0.29) is 5.91 Å². The van der Waals surface area contributed by atoms with Gasteiger partial charge in [-0.2, -0.15) is 0 Å². The molecule has 0 atom stereocenters. The summed E-state index contributed by atoms with van der Waals surface area (Å²) < 4.78 is 1.84. The first-order chi connectivity index (χ1) is 8.45. The highest BCUT2D eigenvalue weighted by Crippen LogP contribution is 2.20. The summed E-state index contributed by atoms with van der Waals surface area (Å²) in [4.78, 5) is 14.6. The number of halogens is 2. The van der Waals surface area contributed by atoms with Gasteiger partial charge in [-0.1, -0.05) is 28.1 Å². The van der Waals surface area contributed by atoms with Crippen molar-refractivity contribution in [2.45, 2.75) is 13.3 Å². The topological polar surface area (TPSA) is 46.3 Å². The molecule has 0 aromatic heterocycles. The van der Waals surface area contributed by atoms with Crippen LogP contribution in [-0.4, -0.2) is 28.9 Å². The van der Waals surface area contributed by atoms with Crippen molar-refractivity contribution in [3.05, 3.63) is 31.8 Å². The van der Waals surface area contributed by atoms with Crippen LogP contribution < -0.4 is 5.73 Å². The minimum absolute atomic E-state index is 0.0134. The van der Waals surface area contributed by atoms with Gasteiger partial charge in [0, 0.05) is 27.6 Å². The van der Waals surface area contributed by atoms with E-state index in [0.717, 1.165) is 8.04 Å². The number of hydrogen-bond donors (Lipinski definition) is 1. The van der Waals surface area contributed by atoms with Crippen LogP contribution in [0.25, 0.3) is 0 Å². The lowest BCUT2D eigenvalue weighted by atomic mass is 10.2. The lowest BCUT2D eigenvalue weighted by Crippen LogP contribution is -2.34. The summed E-state index contributed by atoms with van der Waals surface area (Å²) in [6.07, 6.45) is 0.555. The number of nitrogens with two attached hydrogens (primary N) is 1. The Bertz CT molecular complexity index is 467. The third kappa shape index (κ3) is 4.47. The van der Waals surface area contributed by atoms with Crippen LogP contribution in [0.3, 0.4) is 0 Å². The predicted molar refractivity (Wildman–Crippen MR) is 89.8 cm³/mol. The van der Waals surface area contributed by atoms with Crippen molar-refractivity contribution >= 4 is 61.6 Å². The van der Waals surface area contributed by atoms with Crippen molar-refractivity contribution < 1.29 is 4.79 Å². The van der Waals surface area contributed by atoms with Crippen LogP contribution in [0.5, 0.6) is 0 Å². The second-order valence-electron chi connectivity index (χ2n) is 3.73. The van der Waals surface area contributed by atoms with Crippen molar-refractivity contribution in [2.75, 3.05) is 13.1 Å². The number of carbonyl (C=O) groups is 1. The van der Waals surface area contributed by atoms with Gasteiger partial charge in [-0.15, -0.1) is 0 Å². The molecular weight excluding hydrogens is 427 g/mol. The van der Waals surface area contributed by atoms with Crippen molar-refractivity contribution in [3.8, 4) is 0 Å². The molecule has 98 valence electrons. The Kier molecular flexibility index (Phi) is 6.51. The fourth-order valence-corrected chi connectivity index (χ4v) is 2.50. The van der Waals surface area contributed by atoms with Gasteiger partial charge in [-0.3, -0.25) is 4.79 Å². The first-order valence-corrected chi connectivity index (χ1v) is 7.76. The molecular formula is C12H14BrIN2OS. The molecule has 0 radical (unpaired) electrons. The van der Waals surface area contributed by atoms with E-state index in [2.05, 4.69) is 38.5 Å². The Morgan fingerprint density at radius 2 is 2.22 bits per heavy atom. The molecule has 0 saturated carbocycles. The summed E-state index contributed by atoms with van der Waals surface area (Å²) in [7, 11) is 0. The van der Waals surface area contributed by atoms with Crippen LogP contribution in [0.15, 0.2) is 22.7 Å². The molecule has 0 aliphatic carbocycles. The zero-order valence-corrected chi connectivity index (χ0v) is 14.5. The summed E-state index contributed by atoms with van der Waals surface area (Å²) in [5.74, 6) is 0.0134. The van der Waals surface area contributed by atoms with E-state index < -0.39 is 0 Å². The smallest absolute Gasteiger partial charge is 0.254 e. The van der Waals surface area contributed by atoms with Crippen LogP contribution in [0.1, 0.15) is 23.7 Å². The lowest BCUT2D eigenvalue weighted by molar-refractivity contribution is 0.0768. The highest BCUT2D eigenvalue weighted by Gasteiger charge is 2.17. The van der Waals surface area contributed by atoms with Gasteiger partial charge in [-0.05, 0) is 47.7 Å². The molecule has 0 fully saturated rings. The molecule has 1 rings (SSSR count). The van der Waals surface area contributed by atoms with Crippen molar-refractivity contribution in [2.24, 2.45) is 5.73 Å². The number of thiocarbonyl (C=S) groups is 1. The third-order valence-electron chi connectivity index (χ3n) is 2.46. The molecule has 1 aromatic carbocycles. The highest BCUT2D eigenvalue weighted by molar-refractivity contribution is 14.1. The number of rotatable bonds is 5. The molecule has 0 aliphatic heterocycles. The first-order valence-electron chi connectivity index (χ1n) is 5.48. The van der Waals surface area contributed by atoms with Gasteiger partial charge in [0.2, 0.25) is 0 Å². The number of amides is 1. The van der Waals surface area contributed by atoms with E-state index in [0.29, 0.717) is 30.1 Å². The molecule has 6 heteroatoms. The fourth-order valence-electron chi connectivity index (χ4n) is 1.48. The Labute approximate surface area is 134 Å². The zero-order chi connectivity index (χ0) is 13.7. The number of hydrogen-bond acceptors (Lipinski definition) is 2. The summed E-state index contributed by atoms with van der Waals surface area (Å²) in [5, 5.41) is 0. The molecule has 18 heavy (non-hydrogen) atoms. The van der Waals surface area contributed by atoms with Crippen LogP contribution in [-0.2, 0) is 0 Å². The Hall–Kier alpha value is -0.210. The Morgan fingerprint density at radius 3 is 2.78 bits per heavy atom. The molecule has 1 aromatic rings. The third-order valence-corrected chi connectivity index (χ3v) is 4.09. The van der Waals surface area contributed by atoms with E-state index in [1.165, 1.54) is 0 Å². The summed E-state index contributed by atoms with van der Waals surface area (Å²) in [6.45, 7) is 3.15. The second-order valence-corrected chi connectivity index (χ2v) is 6.33. The Morgan fingerprint density at radius 1 is 1.56 bits per heavy atom. The van der Waals surface area contributed by atoms with Crippen molar-refractivity contribution in [3.63, 3.8) is 0 Å². The van der Waals surface area contributed by atoms with Crippen molar-refractivity contribution in [1.29, 1.82) is 0 Å². The van der Waals surface area contributed by atoms with E-state index in [4.69, 9.17) is 18.0 Å². The van der Waals surface area contributed by atoms with Gasteiger partial charge in [0.15, 0.2) is 0 Å². The first kappa shape index (κ1) is 15.8.